The maximum absolute atomic E-state index is 12.9. The first-order valence-corrected chi connectivity index (χ1v) is 10.6. The normalized spacial score (nSPS) is 14.7. The molecule has 1 aliphatic rings. The van der Waals surface area contributed by atoms with E-state index in [1.54, 1.807) is 18.2 Å². The average Bonchev–Trinajstić information content (AvgIpc) is 2.70. The molecule has 0 aromatic heterocycles. The van der Waals surface area contributed by atoms with Crippen LogP contribution >= 0.6 is 0 Å². The van der Waals surface area contributed by atoms with E-state index in [9.17, 15) is 18.3 Å². The fourth-order valence-electron chi connectivity index (χ4n) is 2.97. The highest BCUT2D eigenvalue weighted by Crippen LogP contribution is 2.37. The predicted octanol–water partition coefficient (Wildman–Crippen LogP) is 3.08. The van der Waals surface area contributed by atoms with Crippen molar-refractivity contribution in [1.29, 1.82) is 0 Å². The van der Waals surface area contributed by atoms with E-state index in [1.807, 2.05) is 38.1 Å². The summed E-state index contributed by atoms with van der Waals surface area (Å²) in [6.45, 7) is 4.01. The molecule has 2 N–H and O–H groups in total. The Morgan fingerprint density at radius 1 is 1.17 bits per heavy atom. The molecule has 0 saturated carbocycles. The Morgan fingerprint density at radius 2 is 1.86 bits per heavy atom. The standard InChI is InChI=1S/C22H22N2O4S/c1-4-5-6-16-11-12-19-18(13-16)20(25)21(29(27,28)24(19)3)22(26)23-14-17-9-7-15(2)8-10-17/h7-13,25H,4,14H2,1-3H3,(H,23,26). The van der Waals surface area contributed by atoms with E-state index in [4.69, 9.17) is 0 Å². The van der Waals surface area contributed by atoms with E-state index in [2.05, 4.69) is 17.2 Å². The molecule has 0 bridgehead atoms. The summed E-state index contributed by atoms with van der Waals surface area (Å²) < 4.78 is 26.7. The SMILES string of the molecule is CCC#Cc1ccc2c(c1)C(O)=C(C(=O)NCc1ccc(C)cc1)S(=O)(=O)N2C. The van der Waals surface area contributed by atoms with Gasteiger partial charge in [0, 0.05) is 31.1 Å². The van der Waals surface area contributed by atoms with Gasteiger partial charge in [-0.3, -0.25) is 9.10 Å². The van der Waals surface area contributed by atoms with Crippen molar-refractivity contribution in [2.45, 2.75) is 26.8 Å². The lowest BCUT2D eigenvalue weighted by Gasteiger charge is -2.28. The monoisotopic (exact) mass is 410 g/mol. The molecule has 1 aliphatic heterocycles. The van der Waals surface area contributed by atoms with Crippen molar-refractivity contribution in [1.82, 2.24) is 5.32 Å². The number of aryl methyl sites for hydroxylation is 1. The molecule has 6 nitrogen and oxygen atoms in total. The first-order chi connectivity index (χ1) is 13.8. The van der Waals surface area contributed by atoms with Crippen LogP contribution < -0.4 is 9.62 Å². The minimum absolute atomic E-state index is 0.143. The molecule has 0 spiro atoms. The first kappa shape index (κ1) is 20.5. The molecule has 0 aliphatic carbocycles. The van der Waals surface area contributed by atoms with Crippen LogP contribution in [0, 0.1) is 18.8 Å². The number of carbonyl (C=O) groups excluding carboxylic acids is 1. The zero-order chi connectivity index (χ0) is 21.2. The summed E-state index contributed by atoms with van der Waals surface area (Å²) in [5.41, 5.74) is 3.08. The van der Waals surface area contributed by atoms with E-state index in [1.165, 1.54) is 7.05 Å². The number of carbonyl (C=O) groups is 1. The van der Waals surface area contributed by atoms with E-state index in [0.29, 0.717) is 17.7 Å². The summed E-state index contributed by atoms with van der Waals surface area (Å²) in [4.78, 5) is 12.0. The topological polar surface area (TPSA) is 86.7 Å². The van der Waals surface area contributed by atoms with Crippen molar-refractivity contribution in [3.8, 4) is 11.8 Å². The van der Waals surface area contributed by atoms with E-state index in [-0.39, 0.29) is 12.1 Å². The lowest BCUT2D eigenvalue weighted by molar-refractivity contribution is -0.117. The minimum Gasteiger partial charge on any atom is -0.506 e. The molecule has 0 unspecified atom stereocenters. The van der Waals surface area contributed by atoms with E-state index >= 15 is 0 Å². The number of sulfonamides is 1. The van der Waals surface area contributed by atoms with Gasteiger partial charge >= 0.3 is 0 Å². The quantitative estimate of drug-likeness (QED) is 0.762. The van der Waals surface area contributed by atoms with Gasteiger partial charge in [0.1, 0.15) is 0 Å². The number of anilines is 1. The number of nitrogens with zero attached hydrogens (tertiary/aromatic N) is 1. The molecule has 2 aromatic rings. The van der Waals surface area contributed by atoms with E-state index in [0.717, 1.165) is 15.4 Å². The van der Waals surface area contributed by atoms with Gasteiger partial charge in [-0.05, 0) is 30.7 Å². The number of nitrogens with one attached hydrogen (secondary N) is 1. The number of hydrogen-bond donors (Lipinski definition) is 2. The van der Waals surface area contributed by atoms with Gasteiger partial charge in [-0.1, -0.05) is 48.6 Å². The summed E-state index contributed by atoms with van der Waals surface area (Å²) in [5.74, 6) is 4.45. The van der Waals surface area contributed by atoms with Crippen LogP contribution in [-0.2, 0) is 21.4 Å². The van der Waals surface area contributed by atoms with Crippen LogP contribution in [-0.4, -0.2) is 26.5 Å². The highest BCUT2D eigenvalue weighted by atomic mass is 32.2. The molecule has 3 rings (SSSR count). The number of hydrogen-bond acceptors (Lipinski definition) is 4. The largest absolute Gasteiger partial charge is 0.506 e. The van der Waals surface area contributed by atoms with Gasteiger partial charge in [0.15, 0.2) is 10.7 Å². The van der Waals surface area contributed by atoms with Crippen LogP contribution in [0.2, 0.25) is 0 Å². The van der Waals surface area contributed by atoms with Crippen molar-refractivity contribution in [3.63, 3.8) is 0 Å². The number of benzene rings is 2. The lowest BCUT2D eigenvalue weighted by Crippen LogP contribution is -2.39. The summed E-state index contributed by atoms with van der Waals surface area (Å²) in [6.07, 6.45) is 0.667. The number of rotatable bonds is 3. The van der Waals surface area contributed by atoms with Crippen LogP contribution in [0.4, 0.5) is 5.69 Å². The van der Waals surface area contributed by atoms with Crippen molar-refractivity contribution < 1.29 is 18.3 Å². The van der Waals surface area contributed by atoms with Crippen molar-refractivity contribution in [2.24, 2.45) is 0 Å². The third-order valence-corrected chi connectivity index (χ3v) is 6.43. The first-order valence-electron chi connectivity index (χ1n) is 9.15. The molecule has 1 heterocycles. The number of fused-ring (bicyclic) bond motifs is 1. The third-order valence-electron chi connectivity index (χ3n) is 4.61. The molecule has 0 radical (unpaired) electrons. The van der Waals surface area contributed by atoms with Crippen molar-refractivity contribution >= 4 is 27.4 Å². The Balaban J connectivity index is 1.99. The van der Waals surface area contributed by atoms with Crippen LogP contribution in [0.15, 0.2) is 47.4 Å². The Labute approximate surface area is 170 Å². The smallest absolute Gasteiger partial charge is 0.273 e. The second-order valence-corrected chi connectivity index (χ2v) is 8.61. The summed E-state index contributed by atoms with van der Waals surface area (Å²) in [7, 11) is -2.84. The number of aliphatic hydroxyl groups excluding tert-OH is 1. The van der Waals surface area contributed by atoms with Gasteiger partial charge in [-0.15, -0.1) is 0 Å². The van der Waals surface area contributed by atoms with Gasteiger partial charge in [-0.2, -0.15) is 0 Å². The zero-order valence-electron chi connectivity index (χ0n) is 16.5. The van der Waals surface area contributed by atoms with Crippen molar-refractivity contribution in [2.75, 3.05) is 11.4 Å². The highest BCUT2D eigenvalue weighted by molar-refractivity contribution is 7.97. The Hall–Kier alpha value is -3.24. The van der Waals surface area contributed by atoms with E-state index < -0.39 is 26.6 Å². The number of amides is 1. The molecular formula is C22H22N2O4S. The molecule has 0 atom stereocenters. The minimum atomic E-state index is -4.19. The fourth-order valence-corrected chi connectivity index (χ4v) is 4.33. The van der Waals surface area contributed by atoms with Gasteiger partial charge < -0.3 is 10.4 Å². The molecule has 29 heavy (non-hydrogen) atoms. The third kappa shape index (κ3) is 3.98. The maximum atomic E-state index is 12.9. The molecule has 1 amide bonds. The average molecular weight is 410 g/mol. The second-order valence-electron chi connectivity index (χ2n) is 6.71. The van der Waals surface area contributed by atoms with Crippen LogP contribution in [0.1, 0.15) is 35.6 Å². The number of aliphatic hydroxyl groups is 1. The summed E-state index contributed by atoms with van der Waals surface area (Å²) in [6, 6.07) is 12.3. The Bertz CT molecular complexity index is 1150. The molecular weight excluding hydrogens is 388 g/mol. The summed E-state index contributed by atoms with van der Waals surface area (Å²) >= 11 is 0. The van der Waals surface area contributed by atoms with Crippen molar-refractivity contribution in [3.05, 3.63) is 69.6 Å². The summed E-state index contributed by atoms with van der Waals surface area (Å²) in [5, 5.41) is 13.3. The van der Waals surface area contributed by atoms with Gasteiger partial charge in [0.05, 0.1) is 5.69 Å². The molecule has 0 saturated heterocycles. The van der Waals surface area contributed by atoms with Crippen LogP contribution in [0.3, 0.4) is 0 Å². The Kier molecular flexibility index (Phi) is 5.66. The van der Waals surface area contributed by atoms with Crippen LogP contribution in [0.25, 0.3) is 5.76 Å². The van der Waals surface area contributed by atoms with Gasteiger partial charge in [0.25, 0.3) is 15.9 Å². The highest BCUT2D eigenvalue weighted by Gasteiger charge is 2.39. The molecule has 7 heteroatoms. The Morgan fingerprint density at radius 3 is 2.52 bits per heavy atom. The fraction of sp³-hybridized carbons (Fsp3) is 0.227. The van der Waals surface area contributed by atoms with Gasteiger partial charge in [0.2, 0.25) is 0 Å². The lowest BCUT2D eigenvalue weighted by atomic mass is 10.1. The predicted molar refractivity (Wildman–Crippen MR) is 114 cm³/mol. The molecule has 2 aromatic carbocycles. The second kappa shape index (κ2) is 8.02. The van der Waals surface area contributed by atoms with Crippen LogP contribution in [0.5, 0.6) is 0 Å². The molecule has 150 valence electrons. The molecule has 0 fully saturated rings. The van der Waals surface area contributed by atoms with Gasteiger partial charge in [-0.25, -0.2) is 8.42 Å². The maximum Gasteiger partial charge on any atom is 0.273 e. The zero-order valence-corrected chi connectivity index (χ0v) is 17.3.